The zero-order chi connectivity index (χ0) is 14.4. The Morgan fingerprint density at radius 1 is 1.10 bits per heavy atom. The maximum atomic E-state index is 6.05. The third kappa shape index (κ3) is 2.49. The van der Waals surface area contributed by atoms with Crippen molar-refractivity contribution in [1.29, 1.82) is 0 Å². The van der Waals surface area contributed by atoms with E-state index in [-0.39, 0.29) is 18.3 Å². The van der Waals surface area contributed by atoms with E-state index >= 15 is 0 Å². The Hall–Kier alpha value is -0.585. The molecule has 0 amide bonds. The first-order valence-corrected chi connectivity index (χ1v) is 8.33. The molecule has 6 heteroatoms. The summed E-state index contributed by atoms with van der Waals surface area (Å²) in [5.41, 5.74) is 0.313. The molecule has 1 aromatic rings. The Kier molecular flexibility index (Phi) is 3.59. The molecule has 3 heterocycles. The molecule has 4 nitrogen and oxygen atoms in total. The Morgan fingerprint density at radius 3 is 2.30 bits per heavy atom. The Labute approximate surface area is 125 Å². The summed E-state index contributed by atoms with van der Waals surface area (Å²) in [6.07, 6.45) is 3.88. The highest BCUT2D eigenvalue weighted by Gasteiger charge is 2.52. The normalized spacial score (nSPS) is 25.2. The Bertz CT molecular complexity index is 467. The molecule has 1 aromatic heterocycles. The van der Waals surface area contributed by atoms with Crippen molar-refractivity contribution in [2.75, 3.05) is 18.0 Å². The van der Waals surface area contributed by atoms with Crippen LogP contribution in [0.1, 0.15) is 47.0 Å². The fourth-order valence-electron chi connectivity index (χ4n) is 2.58. The summed E-state index contributed by atoms with van der Waals surface area (Å²) in [6.45, 7) is 10.5. The van der Waals surface area contributed by atoms with E-state index in [1.165, 1.54) is 19.3 Å². The van der Waals surface area contributed by atoms with E-state index in [4.69, 9.17) is 14.3 Å². The molecule has 110 valence electrons. The van der Waals surface area contributed by atoms with Gasteiger partial charge in [0, 0.05) is 18.5 Å². The van der Waals surface area contributed by atoms with Gasteiger partial charge in [-0.3, -0.25) is 0 Å². The molecule has 3 rings (SSSR count). The van der Waals surface area contributed by atoms with Crippen molar-refractivity contribution in [2.45, 2.75) is 58.2 Å². The largest absolute Gasteiger partial charge is 0.515 e. The maximum Gasteiger partial charge on any atom is 0.515 e. The number of thiazole rings is 1. The zero-order valence-electron chi connectivity index (χ0n) is 12.8. The van der Waals surface area contributed by atoms with E-state index in [0.717, 1.165) is 23.8 Å². The molecular weight excluding hydrogens is 271 g/mol. The molecule has 20 heavy (non-hydrogen) atoms. The van der Waals surface area contributed by atoms with Crippen LogP contribution < -0.4 is 10.5 Å². The molecule has 0 unspecified atom stereocenters. The number of rotatable bonds is 2. The lowest BCUT2D eigenvalue weighted by atomic mass is 9.86. The van der Waals surface area contributed by atoms with Gasteiger partial charge < -0.3 is 14.2 Å². The van der Waals surface area contributed by atoms with Gasteiger partial charge in [-0.1, -0.05) is 0 Å². The first-order valence-electron chi connectivity index (χ1n) is 7.45. The van der Waals surface area contributed by atoms with Crippen LogP contribution in [0.5, 0.6) is 0 Å². The van der Waals surface area contributed by atoms with Crippen LogP contribution in [0.2, 0.25) is 0 Å². The van der Waals surface area contributed by atoms with Crippen LogP contribution in [-0.2, 0) is 9.31 Å². The second-order valence-corrected chi connectivity index (χ2v) is 7.53. The lowest BCUT2D eigenvalue weighted by molar-refractivity contribution is 0.00578. The van der Waals surface area contributed by atoms with E-state index in [1.54, 1.807) is 11.3 Å². The van der Waals surface area contributed by atoms with Crippen LogP contribution >= 0.6 is 11.3 Å². The lowest BCUT2D eigenvalue weighted by Gasteiger charge is -2.32. The van der Waals surface area contributed by atoms with Gasteiger partial charge in [0.15, 0.2) is 5.13 Å². The van der Waals surface area contributed by atoms with Crippen molar-refractivity contribution in [3.05, 3.63) is 5.38 Å². The van der Waals surface area contributed by atoms with Crippen molar-refractivity contribution < 1.29 is 9.31 Å². The first-order chi connectivity index (χ1) is 9.39. The van der Waals surface area contributed by atoms with Gasteiger partial charge in [-0.15, -0.1) is 11.3 Å². The molecular formula is C14H23BN2O2S. The van der Waals surface area contributed by atoms with Crippen molar-refractivity contribution in [1.82, 2.24) is 4.98 Å². The van der Waals surface area contributed by atoms with Gasteiger partial charge in [0.2, 0.25) is 0 Å². The quantitative estimate of drug-likeness (QED) is 0.785. The standard InChI is InChI=1S/C14H23BN2O2S/c1-13(2)14(3,4)19-15(18-13)11-10-20-12(16-11)17-8-6-5-7-9-17/h10H,5-9H2,1-4H3. The van der Waals surface area contributed by atoms with Gasteiger partial charge >= 0.3 is 7.12 Å². The summed E-state index contributed by atoms with van der Waals surface area (Å²) in [5.74, 6) is 0. The second-order valence-electron chi connectivity index (χ2n) is 6.69. The van der Waals surface area contributed by atoms with Crippen LogP contribution in [0.25, 0.3) is 0 Å². The number of nitrogens with zero attached hydrogens (tertiary/aromatic N) is 2. The SMILES string of the molecule is CC1(C)OB(c2csc(N3CCCCC3)n2)OC1(C)C. The number of piperidine rings is 1. The monoisotopic (exact) mass is 294 g/mol. The lowest BCUT2D eigenvalue weighted by Crippen LogP contribution is -2.41. The molecule has 0 atom stereocenters. The number of hydrogen-bond acceptors (Lipinski definition) is 5. The van der Waals surface area contributed by atoms with Crippen LogP contribution in [0.4, 0.5) is 5.13 Å². The third-order valence-electron chi connectivity index (χ3n) is 4.63. The molecule has 0 aliphatic carbocycles. The van der Waals surface area contributed by atoms with E-state index in [2.05, 4.69) is 38.0 Å². The average molecular weight is 294 g/mol. The third-order valence-corrected chi connectivity index (χ3v) is 5.55. The fourth-order valence-corrected chi connectivity index (χ4v) is 3.46. The molecule has 2 fully saturated rings. The molecule has 0 bridgehead atoms. The molecule has 2 aliphatic rings. The minimum atomic E-state index is -0.338. The molecule has 0 saturated carbocycles. The van der Waals surface area contributed by atoms with E-state index in [0.29, 0.717) is 0 Å². The average Bonchev–Trinajstić information content (AvgIpc) is 2.94. The fraction of sp³-hybridized carbons (Fsp3) is 0.786. The highest BCUT2D eigenvalue weighted by atomic mass is 32.1. The van der Waals surface area contributed by atoms with Crippen molar-refractivity contribution >= 4 is 29.2 Å². The molecule has 0 spiro atoms. The summed E-state index contributed by atoms with van der Waals surface area (Å²) < 4.78 is 12.1. The summed E-state index contributed by atoms with van der Waals surface area (Å²) in [6, 6.07) is 0. The Balaban J connectivity index is 1.74. The summed E-state index contributed by atoms with van der Waals surface area (Å²) >= 11 is 1.70. The predicted molar refractivity (Wildman–Crippen MR) is 83.9 cm³/mol. The molecule has 0 radical (unpaired) electrons. The Morgan fingerprint density at radius 2 is 1.70 bits per heavy atom. The smallest absolute Gasteiger partial charge is 0.398 e. The summed E-state index contributed by atoms with van der Waals surface area (Å²) in [5, 5.41) is 3.18. The van der Waals surface area contributed by atoms with E-state index in [1.807, 2.05) is 0 Å². The summed E-state index contributed by atoms with van der Waals surface area (Å²) in [4.78, 5) is 7.12. The minimum Gasteiger partial charge on any atom is -0.398 e. The number of hydrogen-bond donors (Lipinski definition) is 0. The van der Waals surface area contributed by atoms with Gasteiger partial charge in [0.25, 0.3) is 0 Å². The molecule has 2 saturated heterocycles. The van der Waals surface area contributed by atoms with Crippen molar-refractivity contribution in [3.8, 4) is 0 Å². The predicted octanol–water partition coefficient (Wildman–Crippen LogP) is 2.43. The number of anilines is 1. The van der Waals surface area contributed by atoms with Crippen LogP contribution in [0.15, 0.2) is 5.38 Å². The van der Waals surface area contributed by atoms with Crippen molar-refractivity contribution in [2.24, 2.45) is 0 Å². The first kappa shape index (κ1) is 14.4. The van der Waals surface area contributed by atoms with Crippen LogP contribution in [0.3, 0.4) is 0 Å². The molecule has 0 aromatic carbocycles. The van der Waals surface area contributed by atoms with Gasteiger partial charge in [-0.25, -0.2) is 4.98 Å². The van der Waals surface area contributed by atoms with Gasteiger partial charge in [-0.2, -0.15) is 0 Å². The van der Waals surface area contributed by atoms with Gasteiger partial charge in [0.05, 0.1) is 16.8 Å². The van der Waals surface area contributed by atoms with Crippen LogP contribution in [0, 0.1) is 0 Å². The molecule has 0 N–H and O–H groups in total. The summed E-state index contributed by atoms with van der Waals surface area (Å²) in [7, 11) is -0.338. The zero-order valence-corrected chi connectivity index (χ0v) is 13.6. The molecule has 2 aliphatic heterocycles. The van der Waals surface area contributed by atoms with E-state index < -0.39 is 0 Å². The maximum absolute atomic E-state index is 6.05. The van der Waals surface area contributed by atoms with Crippen LogP contribution in [-0.4, -0.2) is 36.4 Å². The highest BCUT2D eigenvalue weighted by molar-refractivity contribution is 7.14. The number of aromatic nitrogens is 1. The van der Waals surface area contributed by atoms with Gasteiger partial charge in [-0.05, 0) is 47.0 Å². The van der Waals surface area contributed by atoms with E-state index in [9.17, 15) is 0 Å². The minimum absolute atomic E-state index is 0.299. The van der Waals surface area contributed by atoms with Crippen molar-refractivity contribution in [3.63, 3.8) is 0 Å². The highest BCUT2D eigenvalue weighted by Crippen LogP contribution is 2.36. The van der Waals surface area contributed by atoms with Gasteiger partial charge in [0.1, 0.15) is 0 Å². The topological polar surface area (TPSA) is 34.6 Å². The second kappa shape index (κ2) is 5.00.